The first-order valence-electron chi connectivity index (χ1n) is 3.64. The van der Waals surface area contributed by atoms with Crippen molar-refractivity contribution in [3.05, 3.63) is 18.5 Å². The summed E-state index contributed by atoms with van der Waals surface area (Å²) in [5.74, 6) is -0.806. The van der Waals surface area contributed by atoms with Gasteiger partial charge in [-0.2, -0.15) is 14.4 Å². The Balaban J connectivity index is 2.54. The molecule has 2 aromatic rings. The fourth-order valence-electron chi connectivity index (χ4n) is 0.927. The minimum atomic E-state index is -0.712. The predicted molar refractivity (Wildman–Crippen MR) is 41.8 cm³/mol. The molecule has 0 aliphatic carbocycles. The second kappa shape index (κ2) is 3.36. The zero-order valence-corrected chi connectivity index (χ0v) is 7.14. The largest absolute Gasteiger partial charge is 0.479 e. The van der Waals surface area contributed by atoms with Gasteiger partial charge in [-0.05, 0) is 0 Å². The zero-order chi connectivity index (χ0) is 9.97. The van der Waals surface area contributed by atoms with E-state index in [0.29, 0.717) is 0 Å². The smallest absolute Gasteiger partial charge is 0.254 e. The highest BCUT2D eigenvalue weighted by Gasteiger charge is 2.16. The molecule has 0 spiro atoms. The van der Waals surface area contributed by atoms with Gasteiger partial charge in [-0.15, -0.1) is 0 Å². The monoisotopic (exact) mass is 196 g/mol. The number of halogens is 1. The molecule has 0 saturated heterocycles. The summed E-state index contributed by atoms with van der Waals surface area (Å²) in [5, 5.41) is 3.45. The second-order valence-electron chi connectivity index (χ2n) is 2.30. The molecule has 0 unspecified atom stereocenters. The van der Waals surface area contributed by atoms with Gasteiger partial charge >= 0.3 is 0 Å². The van der Waals surface area contributed by atoms with Crippen LogP contribution in [-0.4, -0.2) is 27.2 Å². The molecule has 0 N–H and O–H groups in total. The molecular formula is C7H5FN4O2. The normalized spacial score (nSPS) is 10.1. The molecule has 2 rings (SSSR count). The van der Waals surface area contributed by atoms with Crippen LogP contribution in [0.1, 0.15) is 0 Å². The molecular weight excluding hydrogens is 191 g/mol. The molecule has 6 nitrogen and oxygen atoms in total. The molecule has 0 atom stereocenters. The third-order valence-corrected chi connectivity index (χ3v) is 1.52. The van der Waals surface area contributed by atoms with Gasteiger partial charge in [0, 0.05) is 0 Å². The van der Waals surface area contributed by atoms with Gasteiger partial charge in [0.15, 0.2) is 5.69 Å². The maximum atomic E-state index is 13.5. The number of hydrogen-bond acceptors (Lipinski definition) is 6. The molecule has 7 heteroatoms. The van der Waals surface area contributed by atoms with Gasteiger partial charge in [-0.25, -0.2) is 4.98 Å². The number of ether oxygens (including phenoxy) is 1. The molecule has 0 radical (unpaired) electrons. The van der Waals surface area contributed by atoms with Gasteiger partial charge in [0.05, 0.1) is 7.11 Å². The highest BCUT2D eigenvalue weighted by Crippen LogP contribution is 2.21. The topological polar surface area (TPSA) is 73.9 Å². The number of methoxy groups -OCH3 is 1. The minimum Gasteiger partial charge on any atom is -0.479 e. The molecule has 14 heavy (non-hydrogen) atoms. The van der Waals surface area contributed by atoms with Crippen LogP contribution in [0.15, 0.2) is 17.2 Å². The van der Waals surface area contributed by atoms with Crippen LogP contribution in [0, 0.1) is 5.82 Å². The summed E-state index contributed by atoms with van der Waals surface area (Å²) in [6.07, 6.45) is 2.25. The molecule has 72 valence electrons. The van der Waals surface area contributed by atoms with E-state index in [0.717, 1.165) is 12.7 Å². The maximum Gasteiger partial charge on any atom is 0.254 e. The van der Waals surface area contributed by atoms with E-state index in [1.54, 1.807) is 0 Å². The number of aromatic nitrogens is 4. The Morgan fingerprint density at radius 1 is 1.36 bits per heavy atom. The quantitative estimate of drug-likeness (QED) is 0.702. The van der Waals surface area contributed by atoms with Gasteiger partial charge < -0.3 is 9.26 Å². The summed E-state index contributed by atoms with van der Waals surface area (Å²) >= 11 is 0. The first kappa shape index (κ1) is 8.54. The van der Waals surface area contributed by atoms with Crippen LogP contribution in [-0.2, 0) is 0 Å². The fourth-order valence-corrected chi connectivity index (χ4v) is 0.927. The summed E-state index contributed by atoms with van der Waals surface area (Å²) in [6.45, 7) is 0. The SMILES string of the molecule is COc1ncnc(-c2ncon2)c1F. The molecule has 0 amide bonds. The van der Waals surface area contributed by atoms with E-state index in [-0.39, 0.29) is 17.4 Å². The van der Waals surface area contributed by atoms with E-state index < -0.39 is 5.82 Å². The van der Waals surface area contributed by atoms with Gasteiger partial charge in [0.2, 0.25) is 18.0 Å². The second-order valence-corrected chi connectivity index (χ2v) is 2.30. The van der Waals surface area contributed by atoms with Gasteiger partial charge in [0.1, 0.15) is 6.33 Å². The minimum absolute atomic E-state index is 0.0504. The third-order valence-electron chi connectivity index (χ3n) is 1.52. The predicted octanol–water partition coefficient (Wildman–Crippen LogP) is 0.674. The summed E-state index contributed by atoms with van der Waals surface area (Å²) in [4.78, 5) is 10.9. The Hall–Kier alpha value is -2.05. The highest BCUT2D eigenvalue weighted by atomic mass is 19.1. The van der Waals surface area contributed by atoms with Crippen LogP contribution >= 0.6 is 0 Å². The van der Waals surface area contributed by atoms with Crippen molar-refractivity contribution in [2.75, 3.05) is 7.11 Å². The van der Waals surface area contributed by atoms with Crippen LogP contribution in [0.2, 0.25) is 0 Å². The van der Waals surface area contributed by atoms with Crippen molar-refractivity contribution in [3.8, 4) is 17.4 Å². The molecule has 0 aliphatic heterocycles. The van der Waals surface area contributed by atoms with Crippen LogP contribution in [0.25, 0.3) is 11.5 Å². The molecule has 0 aliphatic rings. The van der Waals surface area contributed by atoms with Gasteiger partial charge in [-0.1, -0.05) is 5.16 Å². The van der Waals surface area contributed by atoms with Crippen molar-refractivity contribution in [1.82, 2.24) is 20.1 Å². The van der Waals surface area contributed by atoms with E-state index in [2.05, 4.69) is 29.4 Å². The molecule has 2 heterocycles. The lowest BCUT2D eigenvalue weighted by atomic mass is 10.3. The van der Waals surface area contributed by atoms with Crippen LogP contribution in [0.4, 0.5) is 4.39 Å². The summed E-state index contributed by atoms with van der Waals surface area (Å²) in [6, 6.07) is 0. The first-order valence-corrected chi connectivity index (χ1v) is 3.64. The summed E-state index contributed by atoms with van der Waals surface area (Å²) < 4.78 is 22.6. The van der Waals surface area contributed by atoms with Crippen molar-refractivity contribution < 1.29 is 13.7 Å². The van der Waals surface area contributed by atoms with Crippen molar-refractivity contribution in [2.24, 2.45) is 0 Å². The Labute approximate surface area is 77.8 Å². The third kappa shape index (κ3) is 1.28. The van der Waals surface area contributed by atoms with E-state index in [4.69, 9.17) is 0 Å². The molecule has 2 aromatic heterocycles. The first-order chi connectivity index (χ1) is 6.83. The van der Waals surface area contributed by atoms with Gasteiger partial charge in [0.25, 0.3) is 5.88 Å². The van der Waals surface area contributed by atoms with Crippen molar-refractivity contribution in [3.63, 3.8) is 0 Å². The van der Waals surface area contributed by atoms with E-state index >= 15 is 0 Å². The maximum absolute atomic E-state index is 13.5. The Morgan fingerprint density at radius 2 is 2.21 bits per heavy atom. The van der Waals surface area contributed by atoms with E-state index in [1.165, 1.54) is 7.11 Å². The van der Waals surface area contributed by atoms with Crippen molar-refractivity contribution >= 4 is 0 Å². The van der Waals surface area contributed by atoms with E-state index in [1.807, 2.05) is 0 Å². The van der Waals surface area contributed by atoms with Crippen LogP contribution in [0.3, 0.4) is 0 Å². The van der Waals surface area contributed by atoms with Crippen LogP contribution < -0.4 is 4.74 Å². The summed E-state index contributed by atoms with van der Waals surface area (Å²) in [5.41, 5.74) is -0.0504. The molecule has 0 bridgehead atoms. The average Bonchev–Trinajstić information content (AvgIpc) is 2.71. The van der Waals surface area contributed by atoms with Crippen molar-refractivity contribution in [1.29, 1.82) is 0 Å². The zero-order valence-electron chi connectivity index (χ0n) is 7.14. The number of rotatable bonds is 2. The lowest BCUT2D eigenvalue weighted by Crippen LogP contribution is -1.98. The fraction of sp³-hybridized carbons (Fsp3) is 0.143. The lowest BCUT2D eigenvalue weighted by Gasteiger charge is -2.00. The van der Waals surface area contributed by atoms with E-state index in [9.17, 15) is 4.39 Å². The molecule has 0 aromatic carbocycles. The Morgan fingerprint density at radius 3 is 2.86 bits per heavy atom. The lowest BCUT2D eigenvalue weighted by molar-refractivity contribution is 0.367. The molecule has 0 fully saturated rings. The van der Waals surface area contributed by atoms with Gasteiger partial charge in [-0.3, -0.25) is 0 Å². The highest BCUT2D eigenvalue weighted by molar-refractivity contribution is 5.50. The van der Waals surface area contributed by atoms with Crippen molar-refractivity contribution in [2.45, 2.75) is 0 Å². The number of hydrogen-bond donors (Lipinski definition) is 0. The molecule has 0 saturated carbocycles. The standard InChI is InChI=1S/C7H5FN4O2/c1-13-7-4(8)5(9-2-10-7)6-11-3-14-12-6/h2-3H,1H3. The summed E-state index contributed by atoms with van der Waals surface area (Å²) in [7, 11) is 1.31. The number of nitrogens with zero attached hydrogens (tertiary/aromatic N) is 4. The Bertz CT molecular complexity index is 431. The Kier molecular flexibility index (Phi) is 2.05. The average molecular weight is 196 g/mol. The van der Waals surface area contributed by atoms with Crippen LogP contribution in [0.5, 0.6) is 5.88 Å².